The van der Waals surface area contributed by atoms with Crippen LogP contribution < -0.4 is 5.32 Å². The molecule has 1 fully saturated rings. The Kier molecular flexibility index (Phi) is 6.46. The van der Waals surface area contributed by atoms with Crippen molar-refractivity contribution in [3.8, 4) is 0 Å². The number of nitrogens with one attached hydrogen (secondary N) is 1. The van der Waals surface area contributed by atoms with E-state index in [4.69, 9.17) is 0 Å². The fourth-order valence-electron chi connectivity index (χ4n) is 3.07. The van der Waals surface area contributed by atoms with Crippen LogP contribution in [0.4, 0.5) is 0 Å². The van der Waals surface area contributed by atoms with Crippen LogP contribution in [0.1, 0.15) is 54.9 Å². The van der Waals surface area contributed by atoms with Gasteiger partial charge in [-0.1, -0.05) is 20.3 Å². The quantitative estimate of drug-likeness (QED) is 0.779. The molecule has 1 aliphatic rings. The van der Waals surface area contributed by atoms with Crippen molar-refractivity contribution in [2.24, 2.45) is 5.92 Å². The molecule has 1 N–H and O–H groups in total. The summed E-state index contributed by atoms with van der Waals surface area (Å²) in [6.07, 6.45) is 1.19. The van der Waals surface area contributed by atoms with Crippen molar-refractivity contribution in [3.05, 3.63) is 0 Å². The van der Waals surface area contributed by atoms with Gasteiger partial charge < -0.3 is 4.90 Å². The first-order valence-corrected chi connectivity index (χ1v) is 8.11. The molecule has 3 unspecified atom stereocenters. The van der Waals surface area contributed by atoms with E-state index in [-0.39, 0.29) is 18.1 Å². The van der Waals surface area contributed by atoms with Crippen LogP contribution in [0.25, 0.3) is 0 Å². The first-order chi connectivity index (χ1) is 9.29. The van der Waals surface area contributed by atoms with E-state index in [0.717, 1.165) is 19.5 Å². The number of hydrogen-bond acceptors (Lipinski definition) is 3. The highest BCUT2D eigenvalue weighted by Crippen LogP contribution is 2.19. The molecule has 0 aromatic carbocycles. The summed E-state index contributed by atoms with van der Waals surface area (Å²) < 4.78 is 0. The molecule has 0 bridgehead atoms. The lowest BCUT2D eigenvalue weighted by Gasteiger charge is -2.33. The topological polar surface area (TPSA) is 35.6 Å². The van der Waals surface area contributed by atoms with Gasteiger partial charge in [-0.25, -0.2) is 0 Å². The monoisotopic (exact) mass is 283 g/mol. The van der Waals surface area contributed by atoms with Gasteiger partial charge in [0.15, 0.2) is 0 Å². The van der Waals surface area contributed by atoms with Crippen LogP contribution in [-0.4, -0.2) is 53.1 Å². The Labute approximate surface area is 124 Å². The zero-order valence-electron chi connectivity index (χ0n) is 14.3. The number of amides is 1. The first-order valence-electron chi connectivity index (χ1n) is 8.11. The largest absolute Gasteiger partial charge is 0.325 e. The maximum Gasteiger partial charge on any atom is 0.241 e. The Bertz CT molecular complexity index is 309. The lowest BCUT2D eigenvalue weighted by molar-refractivity contribution is -0.131. The third kappa shape index (κ3) is 3.95. The summed E-state index contributed by atoms with van der Waals surface area (Å²) in [5.74, 6) is 0.681. The Morgan fingerprint density at radius 3 is 2.20 bits per heavy atom. The Morgan fingerprint density at radius 1 is 1.20 bits per heavy atom. The fraction of sp³-hybridized carbons (Fsp3) is 0.938. The van der Waals surface area contributed by atoms with E-state index in [1.165, 1.54) is 0 Å². The molecule has 0 radical (unpaired) electrons. The maximum absolute atomic E-state index is 12.5. The predicted octanol–water partition coefficient (Wildman–Crippen LogP) is 2.30. The van der Waals surface area contributed by atoms with Crippen LogP contribution >= 0.6 is 0 Å². The Morgan fingerprint density at radius 2 is 1.75 bits per heavy atom. The second kappa shape index (κ2) is 7.41. The number of nitrogens with zero attached hydrogens (tertiary/aromatic N) is 2. The van der Waals surface area contributed by atoms with Crippen LogP contribution in [0.2, 0.25) is 0 Å². The van der Waals surface area contributed by atoms with Gasteiger partial charge in [-0.3, -0.25) is 15.0 Å². The van der Waals surface area contributed by atoms with Gasteiger partial charge in [-0.05, 0) is 40.5 Å². The summed E-state index contributed by atoms with van der Waals surface area (Å²) in [6.45, 7) is 17.0. The van der Waals surface area contributed by atoms with Crippen molar-refractivity contribution in [1.82, 2.24) is 15.1 Å². The van der Waals surface area contributed by atoms with Crippen LogP contribution in [0.5, 0.6) is 0 Å². The zero-order valence-corrected chi connectivity index (χ0v) is 14.3. The molecule has 3 atom stereocenters. The van der Waals surface area contributed by atoms with Gasteiger partial charge in [0.25, 0.3) is 0 Å². The van der Waals surface area contributed by atoms with E-state index in [0.29, 0.717) is 18.0 Å². The normalized spacial score (nSPS) is 25.3. The highest BCUT2D eigenvalue weighted by molar-refractivity contribution is 5.84. The smallest absolute Gasteiger partial charge is 0.241 e. The third-order valence-corrected chi connectivity index (χ3v) is 4.58. The van der Waals surface area contributed by atoms with E-state index < -0.39 is 0 Å². The summed E-state index contributed by atoms with van der Waals surface area (Å²) in [6, 6.07) is 1.03. The number of rotatable bonds is 7. The Hall–Kier alpha value is -0.610. The Balaban J connectivity index is 2.61. The number of carbonyl (C=O) groups excluding carboxylic acids is 1. The molecule has 0 aliphatic carbocycles. The van der Waals surface area contributed by atoms with Crippen molar-refractivity contribution < 1.29 is 4.79 Å². The van der Waals surface area contributed by atoms with Gasteiger partial charge in [0.2, 0.25) is 5.91 Å². The van der Waals surface area contributed by atoms with Crippen molar-refractivity contribution in [2.75, 3.05) is 13.1 Å². The molecule has 118 valence electrons. The van der Waals surface area contributed by atoms with Crippen molar-refractivity contribution in [1.29, 1.82) is 0 Å². The molecule has 0 aromatic rings. The molecule has 0 spiro atoms. The van der Waals surface area contributed by atoms with Crippen molar-refractivity contribution >= 4 is 5.91 Å². The van der Waals surface area contributed by atoms with Crippen LogP contribution in [0, 0.1) is 5.92 Å². The summed E-state index contributed by atoms with van der Waals surface area (Å²) in [5.41, 5.74) is 0. The van der Waals surface area contributed by atoms with E-state index in [9.17, 15) is 4.79 Å². The summed E-state index contributed by atoms with van der Waals surface area (Å²) in [7, 11) is 0. The van der Waals surface area contributed by atoms with Gasteiger partial charge in [0.1, 0.15) is 0 Å². The zero-order chi connectivity index (χ0) is 15.4. The van der Waals surface area contributed by atoms with Gasteiger partial charge in [-0.2, -0.15) is 0 Å². The molecule has 4 heteroatoms. The minimum absolute atomic E-state index is 0.00144. The molecule has 0 aromatic heterocycles. The van der Waals surface area contributed by atoms with Crippen molar-refractivity contribution in [2.45, 2.75) is 79.2 Å². The molecule has 1 heterocycles. The molecule has 1 saturated heterocycles. The van der Waals surface area contributed by atoms with Gasteiger partial charge >= 0.3 is 0 Å². The minimum atomic E-state index is 0.00144. The van der Waals surface area contributed by atoms with E-state index in [1.54, 1.807) is 0 Å². The second-order valence-electron chi connectivity index (χ2n) is 6.66. The van der Waals surface area contributed by atoms with Gasteiger partial charge in [0.05, 0.1) is 12.2 Å². The lowest BCUT2D eigenvalue weighted by Crippen LogP contribution is -2.45. The predicted molar refractivity (Wildman–Crippen MR) is 84.5 cm³/mol. The summed E-state index contributed by atoms with van der Waals surface area (Å²) in [5, 5.41) is 3.44. The van der Waals surface area contributed by atoms with Gasteiger partial charge in [-0.15, -0.1) is 0 Å². The van der Waals surface area contributed by atoms with E-state index >= 15 is 0 Å². The second-order valence-corrected chi connectivity index (χ2v) is 6.66. The standard InChI is InChI=1S/C16H33N3O/c1-8-13(6)15-16(20)19(14(7)17-15)10-9-18(11(2)3)12(4)5/h11-15,17H,8-10H2,1-7H3. The highest BCUT2D eigenvalue weighted by Gasteiger charge is 2.38. The van der Waals surface area contributed by atoms with Gasteiger partial charge in [0, 0.05) is 25.2 Å². The lowest BCUT2D eigenvalue weighted by atomic mass is 9.99. The molecule has 1 rings (SSSR count). The molecule has 4 nitrogen and oxygen atoms in total. The average Bonchev–Trinajstić information content (AvgIpc) is 2.64. The molecule has 20 heavy (non-hydrogen) atoms. The van der Waals surface area contributed by atoms with Crippen LogP contribution in [0.3, 0.4) is 0 Å². The number of hydrogen-bond donors (Lipinski definition) is 1. The first kappa shape index (κ1) is 17.4. The maximum atomic E-state index is 12.5. The minimum Gasteiger partial charge on any atom is -0.325 e. The van der Waals surface area contributed by atoms with E-state index in [2.05, 4.69) is 58.7 Å². The number of carbonyl (C=O) groups is 1. The summed E-state index contributed by atoms with van der Waals surface area (Å²) in [4.78, 5) is 17.0. The molecular weight excluding hydrogens is 250 g/mol. The fourth-order valence-corrected chi connectivity index (χ4v) is 3.07. The molecule has 0 saturated carbocycles. The van der Waals surface area contributed by atoms with Crippen LogP contribution in [-0.2, 0) is 4.79 Å². The molecular formula is C16H33N3O. The molecule has 1 amide bonds. The van der Waals surface area contributed by atoms with E-state index in [1.807, 2.05) is 4.90 Å². The average molecular weight is 283 g/mol. The summed E-state index contributed by atoms with van der Waals surface area (Å²) >= 11 is 0. The van der Waals surface area contributed by atoms with Crippen molar-refractivity contribution in [3.63, 3.8) is 0 Å². The van der Waals surface area contributed by atoms with Crippen LogP contribution in [0.15, 0.2) is 0 Å². The molecule has 1 aliphatic heterocycles. The third-order valence-electron chi connectivity index (χ3n) is 4.58. The highest BCUT2D eigenvalue weighted by atomic mass is 16.2. The SMILES string of the molecule is CCC(C)C1NC(C)N(CCN(C(C)C)C(C)C)C1=O.